The van der Waals surface area contributed by atoms with Gasteiger partial charge in [0.25, 0.3) is 0 Å². The zero-order valence-electron chi connectivity index (χ0n) is 10.8. The summed E-state index contributed by atoms with van der Waals surface area (Å²) in [5.41, 5.74) is 0.476. The monoisotopic (exact) mass is 266 g/mol. The van der Waals surface area contributed by atoms with Crippen LogP contribution in [0, 0.1) is 5.82 Å². The normalized spacial score (nSPS) is 12.6. The first-order chi connectivity index (χ1) is 9.22. The molecular weight excluding hydrogens is 251 g/mol. The van der Waals surface area contributed by atoms with Crippen molar-refractivity contribution in [2.24, 2.45) is 0 Å². The average molecular weight is 266 g/mol. The fourth-order valence-corrected chi connectivity index (χ4v) is 1.61. The van der Waals surface area contributed by atoms with E-state index < -0.39 is 5.82 Å². The first kappa shape index (κ1) is 13.6. The quantitative estimate of drug-likeness (QED) is 0.842. The summed E-state index contributed by atoms with van der Waals surface area (Å²) >= 11 is 0. The van der Waals surface area contributed by atoms with Crippen LogP contribution >= 0.6 is 0 Å². The summed E-state index contributed by atoms with van der Waals surface area (Å²) in [4.78, 5) is 8.12. The molecule has 6 nitrogen and oxygen atoms in total. The maximum absolute atomic E-state index is 12.8. The Bertz CT molecular complexity index is 515. The first-order valence-corrected chi connectivity index (χ1v) is 5.83. The number of halogens is 1. The molecule has 2 aromatic heterocycles. The van der Waals surface area contributed by atoms with Crippen LogP contribution < -0.4 is 5.32 Å². The Morgan fingerprint density at radius 2 is 2.32 bits per heavy atom. The molecule has 1 N–H and O–H groups in total. The fourth-order valence-electron chi connectivity index (χ4n) is 1.61. The largest absolute Gasteiger partial charge is 0.383 e. The van der Waals surface area contributed by atoms with Crippen molar-refractivity contribution >= 4 is 0 Å². The highest BCUT2D eigenvalue weighted by Gasteiger charge is 2.14. The minimum Gasteiger partial charge on any atom is -0.383 e. The number of rotatable bonds is 6. The Kier molecular flexibility index (Phi) is 4.53. The maximum Gasteiger partial charge on any atom is 0.228 e. The average Bonchev–Trinajstić information content (AvgIpc) is 2.87. The number of nitrogens with zero attached hydrogens (tertiary/aromatic N) is 3. The number of pyridine rings is 1. The fraction of sp³-hybridized carbons (Fsp3) is 0.417. The molecule has 2 heterocycles. The van der Waals surface area contributed by atoms with E-state index in [0.29, 0.717) is 30.4 Å². The van der Waals surface area contributed by atoms with E-state index >= 15 is 0 Å². The SMILES string of the molecule is CNC(COC)Cc1nc(-c2ccc(F)cn2)no1. The number of aromatic nitrogens is 3. The molecule has 0 aliphatic heterocycles. The van der Waals surface area contributed by atoms with Gasteiger partial charge < -0.3 is 14.6 Å². The number of hydrogen-bond donors (Lipinski definition) is 1. The highest BCUT2D eigenvalue weighted by molar-refractivity contribution is 5.47. The molecule has 0 bridgehead atoms. The number of likely N-dealkylation sites (N-methyl/N-ethyl adjacent to an activating group) is 1. The van der Waals surface area contributed by atoms with Crippen LogP contribution in [0.2, 0.25) is 0 Å². The van der Waals surface area contributed by atoms with Gasteiger partial charge in [-0.3, -0.25) is 0 Å². The standard InChI is InChI=1S/C12H15FN4O2/c1-14-9(7-18-2)5-11-16-12(17-19-11)10-4-3-8(13)6-15-10/h3-4,6,9,14H,5,7H2,1-2H3. The van der Waals surface area contributed by atoms with Gasteiger partial charge in [-0.2, -0.15) is 4.98 Å². The van der Waals surface area contributed by atoms with E-state index in [9.17, 15) is 4.39 Å². The molecule has 19 heavy (non-hydrogen) atoms. The van der Waals surface area contributed by atoms with E-state index in [1.807, 2.05) is 7.05 Å². The lowest BCUT2D eigenvalue weighted by Gasteiger charge is -2.11. The van der Waals surface area contributed by atoms with Crippen molar-refractivity contribution in [3.8, 4) is 11.5 Å². The molecule has 2 aromatic rings. The molecule has 0 saturated heterocycles. The molecule has 2 rings (SSSR count). The van der Waals surface area contributed by atoms with Crippen LogP contribution in [0.3, 0.4) is 0 Å². The van der Waals surface area contributed by atoms with Gasteiger partial charge in [-0.15, -0.1) is 0 Å². The lowest BCUT2D eigenvalue weighted by atomic mass is 10.2. The summed E-state index contributed by atoms with van der Waals surface area (Å²) in [7, 11) is 3.47. The third-order valence-electron chi connectivity index (χ3n) is 2.62. The van der Waals surface area contributed by atoms with Crippen LogP contribution in [0.5, 0.6) is 0 Å². The van der Waals surface area contributed by atoms with Crippen LogP contribution in [-0.2, 0) is 11.2 Å². The Morgan fingerprint density at radius 1 is 1.47 bits per heavy atom. The predicted octanol–water partition coefficient (Wildman–Crippen LogP) is 1.05. The second-order valence-corrected chi connectivity index (χ2v) is 4.02. The van der Waals surface area contributed by atoms with Crippen LogP contribution in [0.15, 0.2) is 22.9 Å². The smallest absolute Gasteiger partial charge is 0.228 e. The highest BCUT2D eigenvalue weighted by Crippen LogP contribution is 2.13. The number of nitrogens with one attached hydrogen (secondary N) is 1. The van der Waals surface area contributed by atoms with Crippen LogP contribution in [0.1, 0.15) is 5.89 Å². The van der Waals surface area contributed by atoms with Gasteiger partial charge in [-0.1, -0.05) is 5.16 Å². The van der Waals surface area contributed by atoms with E-state index in [1.165, 1.54) is 12.1 Å². The maximum atomic E-state index is 12.8. The van der Waals surface area contributed by atoms with Gasteiger partial charge in [0.05, 0.1) is 12.8 Å². The lowest BCUT2D eigenvalue weighted by Crippen LogP contribution is -2.32. The number of hydrogen-bond acceptors (Lipinski definition) is 6. The molecule has 0 saturated carbocycles. The molecule has 0 spiro atoms. The van der Waals surface area contributed by atoms with Crippen molar-refractivity contribution in [2.75, 3.05) is 20.8 Å². The van der Waals surface area contributed by atoms with Gasteiger partial charge in [0.15, 0.2) is 0 Å². The molecule has 0 amide bonds. The number of ether oxygens (including phenoxy) is 1. The van der Waals surface area contributed by atoms with Crippen molar-refractivity contribution in [1.82, 2.24) is 20.4 Å². The van der Waals surface area contributed by atoms with Gasteiger partial charge in [-0.25, -0.2) is 9.37 Å². The van der Waals surface area contributed by atoms with Crippen LogP contribution in [0.4, 0.5) is 4.39 Å². The first-order valence-electron chi connectivity index (χ1n) is 5.83. The van der Waals surface area contributed by atoms with Crippen molar-refractivity contribution in [3.05, 3.63) is 30.0 Å². The molecule has 0 aromatic carbocycles. The highest BCUT2D eigenvalue weighted by atomic mass is 19.1. The van der Waals surface area contributed by atoms with Gasteiger partial charge >= 0.3 is 0 Å². The van der Waals surface area contributed by atoms with Crippen molar-refractivity contribution in [2.45, 2.75) is 12.5 Å². The minimum atomic E-state index is -0.400. The zero-order valence-corrected chi connectivity index (χ0v) is 10.8. The summed E-state index contributed by atoms with van der Waals surface area (Å²) in [5.74, 6) is 0.433. The molecule has 0 radical (unpaired) electrons. The second kappa shape index (κ2) is 6.35. The second-order valence-electron chi connectivity index (χ2n) is 4.02. The van der Waals surface area contributed by atoms with Gasteiger partial charge in [-0.05, 0) is 19.2 Å². The molecule has 102 valence electrons. The Morgan fingerprint density at radius 3 is 2.95 bits per heavy atom. The Balaban J connectivity index is 2.08. The number of methoxy groups -OCH3 is 1. The summed E-state index contributed by atoms with van der Waals surface area (Å²) in [5, 5.41) is 6.91. The molecule has 1 atom stereocenters. The topological polar surface area (TPSA) is 73.1 Å². The summed E-state index contributed by atoms with van der Waals surface area (Å²) < 4.78 is 23.0. The van der Waals surface area contributed by atoms with E-state index in [4.69, 9.17) is 9.26 Å². The molecule has 1 unspecified atom stereocenters. The lowest BCUT2D eigenvalue weighted by molar-refractivity contribution is 0.165. The minimum absolute atomic E-state index is 0.0967. The summed E-state index contributed by atoms with van der Waals surface area (Å²) in [6.07, 6.45) is 1.67. The van der Waals surface area contributed by atoms with Crippen LogP contribution in [-0.4, -0.2) is 41.9 Å². The third kappa shape index (κ3) is 3.55. The van der Waals surface area contributed by atoms with E-state index in [-0.39, 0.29) is 6.04 Å². The predicted molar refractivity (Wildman–Crippen MR) is 65.9 cm³/mol. The molecule has 0 fully saturated rings. The van der Waals surface area contributed by atoms with E-state index in [2.05, 4.69) is 20.4 Å². The van der Waals surface area contributed by atoms with Crippen LogP contribution in [0.25, 0.3) is 11.5 Å². The summed E-state index contributed by atoms with van der Waals surface area (Å²) in [6, 6.07) is 2.91. The van der Waals surface area contributed by atoms with Crippen molar-refractivity contribution in [3.63, 3.8) is 0 Å². The van der Waals surface area contributed by atoms with Gasteiger partial charge in [0.1, 0.15) is 11.5 Å². The Labute approximate surface area is 110 Å². The van der Waals surface area contributed by atoms with E-state index in [0.717, 1.165) is 6.20 Å². The van der Waals surface area contributed by atoms with Gasteiger partial charge in [0.2, 0.25) is 11.7 Å². The summed E-state index contributed by atoms with van der Waals surface area (Å²) in [6.45, 7) is 0.545. The zero-order chi connectivity index (χ0) is 13.7. The van der Waals surface area contributed by atoms with Crippen molar-refractivity contribution in [1.29, 1.82) is 0 Å². The molecule has 0 aliphatic carbocycles. The molecular formula is C12H15FN4O2. The van der Waals surface area contributed by atoms with Crippen molar-refractivity contribution < 1.29 is 13.7 Å². The Hall–Kier alpha value is -1.86. The molecule has 7 heteroatoms. The van der Waals surface area contributed by atoms with E-state index in [1.54, 1.807) is 7.11 Å². The molecule has 0 aliphatic rings. The van der Waals surface area contributed by atoms with Gasteiger partial charge in [0, 0.05) is 19.6 Å². The third-order valence-corrected chi connectivity index (χ3v) is 2.62.